The zero-order chi connectivity index (χ0) is 12.5. The summed E-state index contributed by atoms with van der Waals surface area (Å²) in [6.07, 6.45) is 0. The van der Waals surface area contributed by atoms with E-state index in [0.717, 1.165) is 12.1 Å². The summed E-state index contributed by atoms with van der Waals surface area (Å²) in [6.45, 7) is 0. The number of rotatable bonds is 2. The molecule has 0 N–H and O–H groups in total. The smallest absolute Gasteiger partial charge is 0.258 e. The van der Waals surface area contributed by atoms with E-state index in [1.165, 1.54) is 0 Å². The van der Waals surface area contributed by atoms with Gasteiger partial charge in [-0.2, -0.15) is 5.26 Å². The Kier molecular flexibility index (Phi) is 3.38. The molecule has 1 aromatic carbocycles. The second kappa shape index (κ2) is 4.25. The van der Waals surface area contributed by atoms with Crippen LogP contribution in [0.2, 0.25) is 5.02 Å². The van der Waals surface area contributed by atoms with Gasteiger partial charge < -0.3 is 0 Å². The Morgan fingerprint density at radius 2 is 2.00 bits per heavy atom. The highest BCUT2D eigenvalue weighted by atomic mass is 35.7. The van der Waals surface area contributed by atoms with Crippen LogP contribution in [-0.2, 0) is 9.05 Å². The predicted molar refractivity (Wildman–Crippen MR) is 55.9 cm³/mol. The molecule has 0 amide bonds. The molecule has 0 spiro atoms. The van der Waals surface area contributed by atoms with Gasteiger partial charge in [0.05, 0.1) is 15.5 Å². The molecule has 1 aromatic rings. The lowest BCUT2D eigenvalue weighted by molar-refractivity contribution is -0.387. The minimum absolute atomic E-state index is 0.197. The molecule has 0 fully saturated rings. The zero-order valence-corrected chi connectivity index (χ0v) is 9.67. The van der Waals surface area contributed by atoms with Gasteiger partial charge >= 0.3 is 0 Å². The highest BCUT2D eigenvalue weighted by Gasteiger charge is 2.26. The number of hydrogen-bond acceptors (Lipinski definition) is 5. The molecule has 6 nitrogen and oxygen atoms in total. The Morgan fingerprint density at radius 3 is 2.38 bits per heavy atom. The summed E-state index contributed by atoms with van der Waals surface area (Å²) in [5, 5.41) is 18.9. The van der Waals surface area contributed by atoms with E-state index in [2.05, 4.69) is 0 Å². The fourth-order valence-corrected chi connectivity index (χ4v) is 2.25. The van der Waals surface area contributed by atoms with E-state index in [0.29, 0.717) is 0 Å². The van der Waals surface area contributed by atoms with Gasteiger partial charge in [0.15, 0.2) is 4.90 Å². The molecule has 0 aromatic heterocycles. The first-order valence-electron chi connectivity index (χ1n) is 3.60. The fraction of sp³-hybridized carbons (Fsp3) is 0. The number of nitriles is 1. The van der Waals surface area contributed by atoms with Gasteiger partial charge in [0.2, 0.25) is 0 Å². The van der Waals surface area contributed by atoms with Gasteiger partial charge in [-0.15, -0.1) is 0 Å². The maximum atomic E-state index is 11.0. The van der Waals surface area contributed by atoms with Crippen LogP contribution in [0.4, 0.5) is 5.69 Å². The first-order chi connectivity index (χ1) is 7.27. The van der Waals surface area contributed by atoms with Crippen LogP contribution in [-0.4, -0.2) is 13.3 Å². The fourth-order valence-electron chi connectivity index (χ4n) is 0.967. The first-order valence-corrected chi connectivity index (χ1v) is 6.29. The number of benzene rings is 1. The maximum absolute atomic E-state index is 11.0. The molecule has 0 aliphatic heterocycles. The van der Waals surface area contributed by atoms with E-state index in [4.69, 9.17) is 27.5 Å². The van der Waals surface area contributed by atoms with Crippen LogP contribution < -0.4 is 0 Å². The van der Waals surface area contributed by atoms with Gasteiger partial charge in [0, 0.05) is 16.7 Å². The van der Waals surface area contributed by atoms with Gasteiger partial charge in [-0.25, -0.2) is 8.42 Å². The van der Waals surface area contributed by atoms with Gasteiger partial charge in [-0.3, -0.25) is 10.1 Å². The van der Waals surface area contributed by atoms with Crippen LogP contribution in [0.5, 0.6) is 0 Å². The lowest BCUT2D eigenvalue weighted by Crippen LogP contribution is -2.00. The SMILES string of the molecule is N#Cc1cc([N+](=O)[O-])c(S(=O)(=O)Cl)cc1Cl. The van der Waals surface area contributed by atoms with Crippen LogP contribution >= 0.6 is 22.3 Å². The van der Waals surface area contributed by atoms with Crippen molar-refractivity contribution in [2.24, 2.45) is 0 Å². The van der Waals surface area contributed by atoms with Crippen LogP contribution in [0.25, 0.3) is 0 Å². The average molecular weight is 281 g/mol. The molecule has 0 aliphatic rings. The largest absolute Gasteiger partial charge is 0.290 e. The van der Waals surface area contributed by atoms with Gasteiger partial charge in [-0.1, -0.05) is 11.6 Å². The lowest BCUT2D eigenvalue weighted by atomic mass is 10.2. The molecule has 0 atom stereocenters. The third-order valence-corrected chi connectivity index (χ3v) is 3.29. The molecular weight excluding hydrogens is 279 g/mol. The van der Waals surface area contributed by atoms with Crippen molar-refractivity contribution < 1.29 is 13.3 Å². The van der Waals surface area contributed by atoms with Gasteiger partial charge in [-0.05, 0) is 6.07 Å². The van der Waals surface area contributed by atoms with Crippen molar-refractivity contribution in [3.05, 3.63) is 32.8 Å². The molecule has 0 radical (unpaired) electrons. The van der Waals surface area contributed by atoms with E-state index >= 15 is 0 Å². The Hall–Kier alpha value is -1.36. The van der Waals surface area contributed by atoms with Crippen molar-refractivity contribution in [3.8, 4) is 6.07 Å². The van der Waals surface area contributed by atoms with Crippen LogP contribution in [0.3, 0.4) is 0 Å². The molecule has 0 saturated carbocycles. The molecule has 0 unspecified atom stereocenters. The predicted octanol–water partition coefficient (Wildman–Crippen LogP) is 2.05. The zero-order valence-electron chi connectivity index (χ0n) is 7.35. The van der Waals surface area contributed by atoms with Gasteiger partial charge in [0.25, 0.3) is 14.7 Å². The molecule has 9 heteroatoms. The summed E-state index contributed by atoms with van der Waals surface area (Å²) in [5.74, 6) is 0. The van der Waals surface area contributed by atoms with Crippen molar-refractivity contribution in [1.29, 1.82) is 5.26 Å². The molecule has 0 saturated heterocycles. The van der Waals surface area contributed by atoms with Crippen molar-refractivity contribution in [1.82, 2.24) is 0 Å². The summed E-state index contributed by atoms with van der Waals surface area (Å²) in [6, 6.07) is 3.13. The highest BCUT2D eigenvalue weighted by molar-refractivity contribution is 8.13. The standard InChI is InChI=1S/C7H2Cl2N2O4S/c8-5-2-7(16(9,14)15)6(11(12)13)1-4(5)3-10/h1-2H. The van der Waals surface area contributed by atoms with Crippen molar-refractivity contribution >= 4 is 37.0 Å². The summed E-state index contributed by atoms with van der Waals surface area (Å²) in [4.78, 5) is 8.89. The van der Waals surface area contributed by atoms with Crippen LogP contribution in [0.15, 0.2) is 17.0 Å². The Balaban J connectivity index is 3.70. The number of nitro groups is 1. The number of hydrogen-bond donors (Lipinski definition) is 0. The van der Waals surface area contributed by atoms with E-state index in [-0.39, 0.29) is 10.6 Å². The Morgan fingerprint density at radius 1 is 1.44 bits per heavy atom. The molecule has 0 heterocycles. The van der Waals surface area contributed by atoms with Gasteiger partial charge in [0.1, 0.15) is 6.07 Å². The van der Waals surface area contributed by atoms with E-state index < -0.39 is 24.6 Å². The van der Waals surface area contributed by atoms with E-state index in [9.17, 15) is 18.5 Å². The highest BCUT2D eigenvalue weighted by Crippen LogP contribution is 2.31. The van der Waals surface area contributed by atoms with Crippen molar-refractivity contribution in [2.45, 2.75) is 4.90 Å². The lowest BCUT2D eigenvalue weighted by Gasteiger charge is -2.01. The quantitative estimate of drug-likeness (QED) is 0.469. The molecule has 16 heavy (non-hydrogen) atoms. The van der Waals surface area contributed by atoms with E-state index in [1.54, 1.807) is 6.07 Å². The minimum Gasteiger partial charge on any atom is -0.258 e. The first kappa shape index (κ1) is 12.7. The summed E-state index contributed by atoms with van der Waals surface area (Å²) in [5.41, 5.74) is -0.978. The topological polar surface area (TPSA) is 101 Å². The average Bonchev–Trinajstić information content (AvgIpc) is 2.15. The van der Waals surface area contributed by atoms with Crippen molar-refractivity contribution in [3.63, 3.8) is 0 Å². The van der Waals surface area contributed by atoms with E-state index in [1.807, 2.05) is 0 Å². The molecule has 0 aliphatic carbocycles. The second-order valence-corrected chi connectivity index (χ2v) is 5.55. The van der Waals surface area contributed by atoms with Crippen molar-refractivity contribution in [2.75, 3.05) is 0 Å². The number of nitro benzene ring substituents is 1. The van der Waals surface area contributed by atoms with Crippen LogP contribution in [0.1, 0.15) is 5.56 Å². The third-order valence-electron chi connectivity index (χ3n) is 1.63. The molecule has 0 bridgehead atoms. The molecular formula is C7H2Cl2N2O4S. The third kappa shape index (κ3) is 2.41. The molecule has 84 valence electrons. The number of halogens is 2. The minimum atomic E-state index is -4.29. The Bertz CT molecular complexity index is 606. The van der Waals surface area contributed by atoms with Crippen LogP contribution in [0, 0.1) is 21.4 Å². The summed E-state index contributed by atoms with van der Waals surface area (Å²) < 4.78 is 22.1. The second-order valence-electron chi connectivity index (χ2n) is 2.61. The summed E-state index contributed by atoms with van der Waals surface area (Å²) in [7, 11) is 0.712. The monoisotopic (exact) mass is 280 g/mol. The maximum Gasteiger partial charge on any atom is 0.290 e. The normalized spacial score (nSPS) is 10.8. The summed E-state index contributed by atoms with van der Waals surface area (Å²) >= 11 is 5.54. The molecule has 1 rings (SSSR count). The Labute approximate surface area is 99.6 Å². The number of nitrogens with zero attached hydrogens (tertiary/aromatic N) is 2.